The molecule has 0 aliphatic carbocycles. The van der Waals surface area contributed by atoms with Gasteiger partial charge in [0.05, 0.1) is 36.4 Å². The summed E-state index contributed by atoms with van der Waals surface area (Å²) in [5, 5.41) is 16.0. The van der Waals surface area contributed by atoms with E-state index >= 15 is 0 Å². The van der Waals surface area contributed by atoms with E-state index < -0.39 is 59.7 Å². The highest BCUT2D eigenvalue weighted by atomic mass is 19.4. The average molecular weight is 474 g/mol. The number of ether oxygens (including phenoxy) is 1. The number of fused-ring (bicyclic) bond motifs is 2. The van der Waals surface area contributed by atoms with Crippen molar-refractivity contribution in [3.8, 4) is 0 Å². The van der Waals surface area contributed by atoms with Gasteiger partial charge in [-0.25, -0.2) is 4.85 Å². The number of carbonyl (C=O) groups is 1. The average Bonchev–Trinajstić information content (AvgIpc) is 3.38. The van der Waals surface area contributed by atoms with Crippen LogP contribution < -0.4 is 5.32 Å². The normalized spacial score (nSPS) is 26.9. The number of anilines is 1. The van der Waals surface area contributed by atoms with Crippen molar-refractivity contribution in [2.24, 2.45) is 13.0 Å². The van der Waals surface area contributed by atoms with E-state index in [1.54, 1.807) is 0 Å². The number of aryl methyl sites for hydroxylation is 1. The van der Waals surface area contributed by atoms with Crippen LogP contribution in [-0.4, -0.2) is 39.1 Å². The van der Waals surface area contributed by atoms with E-state index in [-0.39, 0.29) is 23.5 Å². The summed E-state index contributed by atoms with van der Waals surface area (Å²) >= 11 is 0. The standard InChI is InChI=1S/C20H16F6N4O3/c1-27-9-4-3-8(19(21,22)23)5-10(9)28-18(32)16-13-7-12(31)17(33-13)15(16)11-6-14(20(24,25)26)29-30(11)2/h3-6,12-13,15-17,31H,7H2,2H3,(H,28,32)/t12-,13+,15+,16-,17-/m1/s1. The second kappa shape index (κ2) is 7.74. The summed E-state index contributed by atoms with van der Waals surface area (Å²) in [4.78, 5) is 16.2. The van der Waals surface area contributed by atoms with E-state index in [4.69, 9.17) is 11.3 Å². The third kappa shape index (κ3) is 4.04. The Balaban J connectivity index is 1.69. The molecule has 1 aromatic carbocycles. The molecule has 4 rings (SSSR count). The Bertz CT molecular complexity index is 1140. The Morgan fingerprint density at radius 3 is 2.52 bits per heavy atom. The maximum atomic E-state index is 13.1. The Morgan fingerprint density at radius 2 is 1.94 bits per heavy atom. The first-order chi connectivity index (χ1) is 15.3. The van der Waals surface area contributed by atoms with E-state index in [2.05, 4.69) is 15.3 Å². The molecular weight excluding hydrogens is 458 g/mol. The van der Waals surface area contributed by atoms with Crippen LogP contribution in [-0.2, 0) is 28.9 Å². The smallest absolute Gasteiger partial charge is 0.390 e. The molecule has 33 heavy (non-hydrogen) atoms. The predicted octanol–water partition coefficient (Wildman–Crippen LogP) is 3.88. The molecule has 13 heteroatoms. The summed E-state index contributed by atoms with van der Waals surface area (Å²) in [6.45, 7) is 7.15. The SMILES string of the molecule is [C-]#[N+]c1ccc(C(F)(F)F)cc1NC(=O)[C@H]1[C@H](c2cc(C(F)(F)F)nn2C)[C@@H]2O[C@H]1C[C@H]2O. The molecule has 3 heterocycles. The van der Waals surface area contributed by atoms with Crippen LogP contribution in [0.2, 0.25) is 0 Å². The molecule has 0 radical (unpaired) electrons. The number of aliphatic hydroxyl groups excluding tert-OH is 1. The Kier molecular flexibility index (Phi) is 5.41. The lowest BCUT2D eigenvalue weighted by Gasteiger charge is -2.30. The molecule has 7 nitrogen and oxygen atoms in total. The molecule has 2 saturated heterocycles. The van der Waals surface area contributed by atoms with E-state index in [1.807, 2.05) is 0 Å². The fourth-order valence-electron chi connectivity index (χ4n) is 4.45. The number of benzene rings is 1. The number of hydrogen-bond acceptors (Lipinski definition) is 4. The van der Waals surface area contributed by atoms with Crippen LogP contribution in [0, 0.1) is 12.5 Å². The van der Waals surface area contributed by atoms with Crippen molar-refractivity contribution in [1.82, 2.24) is 9.78 Å². The molecule has 2 N–H and O–H groups in total. The Labute approximate surface area is 182 Å². The Morgan fingerprint density at radius 1 is 1.24 bits per heavy atom. The summed E-state index contributed by atoms with van der Waals surface area (Å²) in [7, 11) is 1.25. The molecular formula is C20H16F6N4O3. The molecule has 2 aromatic rings. The van der Waals surface area contributed by atoms with Gasteiger partial charge in [-0.05, 0) is 12.1 Å². The van der Waals surface area contributed by atoms with Crippen molar-refractivity contribution in [2.75, 3.05) is 5.32 Å². The van der Waals surface area contributed by atoms with Gasteiger partial charge in [0.25, 0.3) is 0 Å². The third-order valence-electron chi connectivity index (χ3n) is 5.88. The first-order valence-corrected chi connectivity index (χ1v) is 9.65. The molecule has 1 aromatic heterocycles. The summed E-state index contributed by atoms with van der Waals surface area (Å²) < 4.78 is 85.3. The lowest BCUT2D eigenvalue weighted by Crippen LogP contribution is -2.41. The highest BCUT2D eigenvalue weighted by Crippen LogP contribution is 2.50. The number of carbonyl (C=O) groups excluding carboxylic acids is 1. The van der Waals surface area contributed by atoms with E-state index in [0.29, 0.717) is 12.1 Å². The summed E-state index contributed by atoms with van der Waals surface area (Å²) in [6.07, 6.45) is -12.3. The van der Waals surface area contributed by atoms with Gasteiger partial charge in [-0.3, -0.25) is 9.48 Å². The lowest BCUT2D eigenvalue weighted by molar-refractivity contribution is -0.141. The highest BCUT2D eigenvalue weighted by molar-refractivity contribution is 5.97. The van der Waals surface area contributed by atoms with Crippen molar-refractivity contribution in [3.05, 3.63) is 52.6 Å². The van der Waals surface area contributed by atoms with Gasteiger partial charge in [-0.1, -0.05) is 12.1 Å². The molecule has 5 atom stereocenters. The number of aliphatic hydroxyl groups is 1. The van der Waals surface area contributed by atoms with Crippen molar-refractivity contribution in [3.63, 3.8) is 0 Å². The minimum absolute atomic E-state index is 0.0110. The summed E-state index contributed by atoms with van der Waals surface area (Å²) in [6, 6.07) is 3.00. The van der Waals surface area contributed by atoms with Crippen LogP contribution in [0.3, 0.4) is 0 Å². The summed E-state index contributed by atoms with van der Waals surface area (Å²) in [5.74, 6) is -2.99. The second-order valence-electron chi connectivity index (χ2n) is 7.90. The molecule has 2 bridgehead atoms. The van der Waals surface area contributed by atoms with E-state index in [1.165, 1.54) is 7.05 Å². The van der Waals surface area contributed by atoms with Gasteiger partial charge >= 0.3 is 12.4 Å². The minimum atomic E-state index is -4.74. The third-order valence-corrected chi connectivity index (χ3v) is 5.88. The van der Waals surface area contributed by atoms with Crippen molar-refractivity contribution < 1.29 is 41.0 Å². The number of amides is 1. The second-order valence-corrected chi connectivity index (χ2v) is 7.90. The van der Waals surface area contributed by atoms with Crippen LogP contribution in [0.1, 0.15) is 29.3 Å². The molecule has 0 unspecified atom stereocenters. The zero-order chi connectivity index (χ0) is 24.3. The van der Waals surface area contributed by atoms with Crippen molar-refractivity contribution in [2.45, 2.75) is 43.0 Å². The predicted molar refractivity (Wildman–Crippen MR) is 100 cm³/mol. The number of nitrogens with zero attached hydrogens (tertiary/aromatic N) is 3. The zero-order valence-electron chi connectivity index (χ0n) is 16.8. The van der Waals surface area contributed by atoms with Gasteiger partial charge in [0, 0.05) is 30.8 Å². The number of hydrogen-bond donors (Lipinski definition) is 2. The maximum Gasteiger partial charge on any atom is 0.435 e. The number of nitrogens with one attached hydrogen (secondary N) is 1. The van der Waals surface area contributed by atoms with E-state index in [0.717, 1.165) is 16.8 Å². The van der Waals surface area contributed by atoms with Gasteiger partial charge in [-0.2, -0.15) is 31.4 Å². The van der Waals surface area contributed by atoms with Gasteiger partial charge < -0.3 is 15.2 Å². The Hall–Kier alpha value is -3.11. The maximum absolute atomic E-state index is 13.1. The fourth-order valence-corrected chi connectivity index (χ4v) is 4.45. The van der Waals surface area contributed by atoms with Crippen LogP contribution >= 0.6 is 0 Å². The molecule has 2 aliphatic heterocycles. The lowest BCUT2D eigenvalue weighted by atomic mass is 9.75. The number of alkyl halides is 6. The molecule has 0 spiro atoms. The number of rotatable bonds is 3. The van der Waals surface area contributed by atoms with Crippen LogP contribution in [0.5, 0.6) is 0 Å². The van der Waals surface area contributed by atoms with Gasteiger partial charge in [0.1, 0.15) is 0 Å². The van der Waals surface area contributed by atoms with Crippen LogP contribution in [0.15, 0.2) is 24.3 Å². The van der Waals surface area contributed by atoms with Gasteiger partial charge in [-0.15, -0.1) is 0 Å². The molecule has 176 valence electrons. The van der Waals surface area contributed by atoms with Crippen LogP contribution in [0.25, 0.3) is 4.85 Å². The molecule has 2 fully saturated rings. The van der Waals surface area contributed by atoms with Crippen LogP contribution in [0.4, 0.5) is 37.7 Å². The van der Waals surface area contributed by atoms with E-state index in [9.17, 15) is 36.2 Å². The fraction of sp³-hybridized carbons (Fsp3) is 0.450. The first kappa shape index (κ1) is 23.1. The monoisotopic (exact) mass is 474 g/mol. The van der Waals surface area contributed by atoms with Crippen molar-refractivity contribution in [1.29, 1.82) is 0 Å². The number of aromatic nitrogens is 2. The minimum Gasteiger partial charge on any atom is -0.390 e. The number of halogens is 6. The molecule has 0 saturated carbocycles. The largest absolute Gasteiger partial charge is 0.435 e. The molecule has 2 aliphatic rings. The topological polar surface area (TPSA) is 80.7 Å². The molecule has 1 amide bonds. The zero-order valence-corrected chi connectivity index (χ0v) is 16.8. The highest BCUT2D eigenvalue weighted by Gasteiger charge is 2.58. The quantitative estimate of drug-likeness (QED) is 0.523. The summed E-state index contributed by atoms with van der Waals surface area (Å²) in [5.41, 5.74) is -2.90. The first-order valence-electron chi connectivity index (χ1n) is 9.65. The van der Waals surface area contributed by atoms with Gasteiger partial charge in [0.15, 0.2) is 5.69 Å². The van der Waals surface area contributed by atoms with Crippen molar-refractivity contribution >= 4 is 17.3 Å². The van der Waals surface area contributed by atoms with Gasteiger partial charge in [0.2, 0.25) is 11.6 Å².